The van der Waals surface area contributed by atoms with Gasteiger partial charge in [-0.3, -0.25) is 4.79 Å². The van der Waals surface area contributed by atoms with Crippen LogP contribution >= 0.6 is 23.2 Å². The molecule has 3 atom stereocenters. The molecule has 0 bridgehead atoms. The van der Waals surface area contributed by atoms with Gasteiger partial charge >= 0.3 is 0 Å². The molecule has 0 heterocycles. The minimum Gasteiger partial charge on any atom is -0.370 e. The summed E-state index contributed by atoms with van der Waals surface area (Å²) in [5.41, 5.74) is 0.552. The molecule has 0 N–H and O–H groups in total. The highest BCUT2D eigenvalue weighted by Crippen LogP contribution is 2.31. The maximum Gasteiger partial charge on any atom is 0.188 e. The zero-order chi connectivity index (χ0) is 14.7. The van der Waals surface area contributed by atoms with Crippen molar-refractivity contribution in [1.82, 2.24) is 0 Å². The van der Waals surface area contributed by atoms with Crippen LogP contribution in [0.25, 0.3) is 0 Å². The average molecular weight is 315 g/mol. The molecule has 1 aromatic carbocycles. The molecule has 4 heteroatoms. The molecule has 1 aliphatic rings. The van der Waals surface area contributed by atoms with Crippen molar-refractivity contribution in [3.8, 4) is 0 Å². The van der Waals surface area contributed by atoms with Crippen molar-refractivity contribution >= 4 is 29.0 Å². The number of ketones is 1. The molecule has 2 nitrogen and oxygen atoms in total. The van der Waals surface area contributed by atoms with E-state index in [1.54, 1.807) is 18.2 Å². The first-order chi connectivity index (χ1) is 9.47. The number of hydrogen-bond acceptors (Lipinski definition) is 2. The lowest BCUT2D eigenvalue weighted by molar-refractivity contribution is 0.00708. The van der Waals surface area contributed by atoms with E-state index in [1.807, 2.05) is 0 Å². The number of benzene rings is 1. The van der Waals surface area contributed by atoms with E-state index >= 15 is 0 Å². The molecule has 0 aromatic heterocycles. The summed E-state index contributed by atoms with van der Waals surface area (Å²) in [7, 11) is 0. The maximum absolute atomic E-state index is 12.1. The van der Waals surface area contributed by atoms with E-state index in [0.29, 0.717) is 21.5 Å². The second-order valence-corrected chi connectivity index (χ2v) is 6.57. The molecule has 1 aromatic rings. The molecule has 1 aliphatic carbocycles. The van der Waals surface area contributed by atoms with Gasteiger partial charge in [0.2, 0.25) is 0 Å². The Balaban J connectivity index is 1.87. The van der Waals surface area contributed by atoms with Gasteiger partial charge in [0.25, 0.3) is 0 Å². The number of rotatable bonds is 4. The molecule has 1 saturated carbocycles. The summed E-state index contributed by atoms with van der Waals surface area (Å²) in [6, 6.07) is 4.92. The summed E-state index contributed by atoms with van der Waals surface area (Å²) in [6.45, 7) is 4.65. The van der Waals surface area contributed by atoms with Crippen molar-refractivity contribution in [1.29, 1.82) is 0 Å². The van der Waals surface area contributed by atoms with Crippen molar-refractivity contribution in [3.63, 3.8) is 0 Å². The lowest BCUT2D eigenvalue weighted by Crippen LogP contribution is -2.28. The third-order valence-electron chi connectivity index (χ3n) is 4.24. The molecule has 110 valence electrons. The van der Waals surface area contributed by atoms with Gasteiger partial charge in [0.05, 0.1) is 16.1 Å². The summed E-state index contributed by atoms with van der Waals surface area (Å²) < 4.78 is 5.76. The molecule has 0 radical (unpaired) electrons. The minimum atomic E-state index is -0.0464. The van der Waals surface area contributed by atoms with Gasteiger partial charge in [-0.2, -0.15) is 0 Å². The predicted molar refractivity (Wildman–Crippen MR) is 82.7 cm³/mol. The third-order valence-corrected chi connectivity index (χ3v) is 4.98. The lowest BCUT2D eigenvalue weighted by Gasteiger charge is -2.31. The molecule has 1 fully saturated rings. The fourth-order valence-electron chi connectivity index (χ4n) is 2.60. The number of carbonyl (C=O) groups excluding carboxylic acids is 1. The van der Waals surface area contributed by atoms with Gasteiger partial charge in [0, 0.05) is 5.56 Å². The lowest BCUT2D eigenvalue weighted by atomic mass is 9.80. The van der Waals surface area contributed by atoms with E-state index in [1.165, 1.54) is 6.42 Å². The maximum atomic E-state index is 12.1. The summed E-state index contributed by atoms with van der Waals surface area (Å²) >= 11 is 11.8. The van der Waals surface area contributed by atoms with Crippen molar-refractivity contribution < 1.29 is 9.53 Å². The third kappa shape index (κ3) is 3.97. The van der Waals surface area contributed by atoms with E-state index in [4.69, 9.17) is 27.9 Å². The Kier molecular flexibility index (Phi) is 5.48. The number of Topliss-reactive ketones (excluding diaryl/α,β-unsaturated/α-hetero) is 1. The largest absolute Gasteiger partial charge is 0.370 e. The van der Waals surface area contributed by atoms with Gasteiger partial charge in [-0.15, -0.1) is 0 Å². The Morgan fingerprint density at radius 1 is 1.20 bits per heavy atom. The summed E-state index contributed by atoms with van der Waals surface area (Å²) in [5.74, 6) is 1.37. The summed E-state index contributed by atoms with van der Waals surface area (Å²) in [6.07, 6.45) is 3.45. The summed E-state index contributed by atoms with van der Waals surface area (Å²) in [4.78, 5) is 12.1. The Morgan fingerprint density at radius 2 is 1.95 bits per heavy atom. The second-order valence-electron chi connectivity index (χ2n) is 5.75. The Bertz CT molecular complexity index is 487. The van der Waals surface area contributed by atoms with E-state index < -0.39 is 0 Å². The highest BCUT2D eigenvalue weighted by atomic mass is 35.5. The van der Waals surface area contributed by atoms with Crippen molar-refractivity contribution in [2.45, 2.75) is 39.2 Å². The average Bonchev–Trinajstić information content (AvgIpc) is 2.43. The first-order valence-corrected chi connectivity index (χ1v) is 7.83. The van der Waals surface area contributed by atoms with Crippen LogP contribution in [-0.4, -0.2) is 18.5 Å². The number of ether oxygens (including phenoxy) is 1. The SMILES string of the molecule is CC1CCC(OCC(=O)c2ccc(Cl)c(Cl)c2)CC1C. The fraction of sp³-hybridized carbons (Fsp3) is 0.562. The zero-order valence-corrected chi connectivity index (χ0v) is 13.4. The molecular weight excluding hydrogens is 295 g/mol. The summed E-state index contributed by atoms with van der Waals surface area (Å²) in [5, 5.41) is 0.858. The Labute approximate surface area is 130 Å². The van der Waals surface area contributed by atoms with Crippen LogP contribution in [0.3, 0.4) is 0 Å². The van der Waals surface area contributed by atoms with Crippen LogP contribution in [0.5, 0.6) is 0 Å². The number of halogens is 2. The fourth-order valence-corrected chi connectivity index (χ4v) is 2.89. The van der Waals surface area contributed by atoms with E-state index in [0.717, 1.165) is 18.8 Å². The molecule has 0 spiro atoms. The van der Waals surface area contributed by atoms with E-state index in [9.17, 15) is 4.79 Å². The van der Waals surface area contributed by atoms with Crippen LogP contribution in [0.2, 0.25) is 10.0 Å². The van der Waals surface area contributed by atoms with Crippen LogP contribution in [0.15, 0.2) is 18.2 Å². The van der Waals surface area contributed by atoms with Crippen LogP contribution < -0.4 is 0 Å². The standard InChI is InChI=1S/C16H20Cl2O2/c1-10-3-5-13(7-11(10)2)20-9-16(19)12-4-6-14(17)15(18)8-12/h4,6,8,10-11,13H,3,5,7,9H2,1-2H3. The number of hydrogen-bond donors (Lipinski definition) is 0. The molecule has 2 rings (SSSR count). The van der Waals surface area contributed by atoms with Crippen LogP contribution in [0.4, 0.5) is 0 Å². The highest BCUT2D eigenvalue weighted by molar-refractivity contribution is 6.42. The van der Waals surface area contributed by atoms with Gasteiger partial charge < -0.3 is 4.74 Å². The molecule has 0 aliphatic heterocycles. The van der Waals surface area contributed by atoms with Crippen LogP contribution in [-0.2, 0) is 4.74 Å². The van der Waals surface area contributed by atoms with Gasteiger partial charge in [-0.05, 0) is 49.3 Å². The predicted octanol–water partition coefficient (Wildman–Crippen LogP) is 5.02. The Morgan fingerprint density at radius 3 is 2.60 bits per heavy atom. The van der Waals surface area contributed by atoms with Crippen molar-refractivity contribution in [2.75, 3.05) is 6.61 Å². The number of carbonyl (C=O) groups is 1. The molecule has 20 heavy (non-hydrogen) atoms. The van der Waals surface area contributed by atoms with Gasteiger partial charge in [-0.1, -0.05) is 37.0 Å². The molecule has 0 saturated heterocycles. The quantitative estimate of drug-likeness (QED) is 0.729. The van der Waals surface area contributed by atoms with Crippen LogP contribution in [0.1, 0.15) is 43.5 Å². The van der Waals surface area contributed by atoms with Gasteiger partial charge in [0.1, 0.15) is 6.61 Å². The van der Waals surface area contributed by atoms with Crippen molar-refractivity contribution in [2.24, 2.45) is 11.8 Å². The molecule has 0 amide bonds. The normalized spacial score (nSPS) is 26.5. The molecular formula is C16H20Cl2O2. The topological polar surface area (TPSA) is 26.3 Å². The first kappa shape index (κ1) is 15.8. The van der Waals surface area contributed by atoms with Crippen molar-refractivity contribution in [3.05, 3.63) is 33.8 Å². The Hall–Kier alpha value is -0.570. The highest BCUT2D eigenvalue weighted by Gasteiger charge is 2.25. The smallest absolute Gasteiger partial charge is 0.188 e. The van der Waals surface area contributed by atoms with E-state index in [-0.39, 0.29) is 18.5 Å². The molecule has 3 unspecified atom stereocenters. The first-order valence-electron chi connectivity index (χ1n) is 7.07. The zero-order valence-electron chi connectivity index (χ0n) is 11.9. The van der Waals surface area contributed by atoms with Crippen LogP contribution in [0, 0.1) is 11.8 Å². The van der Waals surface area contributed by atoms with Gasteiger partial charge in [-0.25, -0.2) is 0 Å². The second kappa shape index (κ2) is 6.93. The van der Waals surface area contributed by atoms with E-state index in [2.05, 4.69) is 13.8 Å². The van der Waals surface area contributed by atoms with Gasteiger partial charge in [0.15, 0.2) is 5.78 Å². The monoisotopic (exact) mass is 314 g/mol. The minimum absolute atomic E-state index is 0.0464.